The van der Waals surface area contributed by atoms with Crippen molar-refractivity contribution in [3.05, 3.63) is 12.7 Å². The lowest BCUT2D eigenvalue weighted by Crippen LogP contribution is -1.67. The first-order chi connectivity index (χ1) is 2.41. The van der Waals surface area contributed by atoms with Gasteiger partial charge in [0.2, 0.25) is 0 Å². The molecule has 0 aromatic carbocycles. The number of hydrogen-bond donors (Lipinski definition) is 0. The lowest BCUT2D eigenvalue weighted by atomic mass is 10.7. The van der Waals surface area contributed by atoms with Crippen molar-refractivity contribution in [1.29, 1.82) is 0 Å². The first kappa shape index (κ1) is 5.18. The van der Waals surface area contributed by atoms with Crippen LogP contribution in [0.2, 0.25) is 0 Å². The summed E-state index contributed by atoms with van der Waals surface area (Å²) >= 11 is 2.74. The van der Waals surface area contributed by atoms with Crippen molar-refractivity contribution < 1.29 is 3.83 Å². The fourth-order valence-electron chi connectivity index (χ4n) is 0.0445. The van der Waals surface area contributed by atoms with E-state index < -0.39 is 0 Å². The fourth-order valence-corrected chi connectivity index (χ4v) is 0.231. The van der Waals surface area contributed by atoms with E-state index in [2.05, 4.69) is 26.7 Å². The van der Waals surface area contributed by atoms with Gasteiger partial charge in [-0.05, 0) is 0 Å². The molecule has 5 heavy (non-hydrogen) atoms. The van der Waals surface area contributed by atoms with Gasteiger partial charge in [0.15, 0.2) is 0 Å². The second kappa shape index (κ2) is 4.18. The van der Waals surface area contributed by atoms with Gasteiger partial charge in [-0.15, -0.1) is 6.58 Å². The molecule has 0 saturated carbocycles. The Morgan fingerprint density at radius 2 is 2.60 bits per heavy atom. The van der Waals surface area contributed by atoms with Crippen LogP contribution >= 0.6 is 16.3 Å². The smallest absolute Gasteiger partial charge is 0.0991 e. The van der Waals surface area contributed by atoms with Gasteiger partial charge in [0.25, 0.3) is 0 Å². The van der Waals surface area contributed by atoms with E-state index in [1.54, 1.807) is 6.08 Å². The molecule has 0 saturated heterocycles. The molecule has 0 aliphatic rings. The quantitative estimate of drug-likeness (QED) is 0.524. The molecule has 0 aromatic heterocycles. The van der Waals surface area contributed by atoms with E-state index in [0.717, 1.165) is 0 Å². The molecule has 0 aliphatic carbocycles. The number of halogens is 1. The summed E-state index contributed by atoms with van der Waals surface area (Å²) in [7, 11) is 0. The van der Waals surface area contributed by atoms with Crippen LogP contribution in [0.25, 0.3) is 0 Å². The molecule has 0 radical (unpaired) electrons. The minimum atomic E-state index is 0.569. The van der Waals surface area contributed by atoms with Gasteiger partial charge in [0.1, 0.15) is 0 Å². The van der Waals surface area contributed by atoms with E-state index in [4.69, 9.17) is 0 Å². The van der Waals surface area contributed by atoms with Gasteiger partial charge in [-0.1, -0.05) is 6.08 Å². The number of hydrogen-bond acceptors (Lipinski definition) is 1. The van der Waals surface area contributed by atoms with Gasteiger partial charge in [0.05, 0.1) is 22.9 Å². The highest BCUT2D eigenvalue weighted by atomic mass is 79.9. The summed E-state index contributed by atoms with van der Waals surface area (Å²) in [5.41, 5.74) is 0. The maximum absolute atomic E-state index is 4.39. The van der Waals surface area contributed by atoms with Crippen LogP contribution < -0.4 is 0 Å². The Kier molecular flexibility index (Phi) is 4.33. The molecule has 0 bridgehead atoms. The first-order valence-corrected chi connectivity index (χ1v) is 1.91. The predicted octanol–water partition coefficient (Wildman–Crippen LogP) is 1.50. The highest BCUT2D eigenvalue weighted by Gasteiger charge is 1.61. The van der Waals surface area contributed by atoms with Crippen LogP contribution in [-0.4, -0.2) is 6.61 Å². The summed E-state index contributed by atoms with van der Waals surface area (Å²) in [6.45, 7) is 3.96. The molecule has 0 heterocycles. The van der Waals surface area contributed by atoms with Crippen LogP contribution in [0.15, 0.2) is 12.7 Å². The zero-order valence-corrected chi connectivity index (χ0v) is 4.36. The highest BCUT2D eigenvalue weighted by Crippen LogP contribution is 1.79. The summed E-state index contributed by atoms with van der Waals surface area (Å²) in [5, 5.41) is 0. The average molecular weight is 137 g/mol. The van der Waals surface area contributed by atoms with Crippen molar-refractivity contribution in [2.24, 2.45) is 0 Å². The molecule has 0 amide bonds. The highest BCUT2D eigenvalue weighted by molar-refractivity contribution is 9.06. The Labute approximate surface area is 40.1 Å². The largest absolute Gasteiger partial charge is 0.304 e. The van der Waals surface area contributed by atoms with Crippen molar-refractivity contribution in [2.75, 3.05) is 6.61 Å². The Hall–Kier alpha value is 0.180. The predicted molar refractivity (Wildman–Crippen MR) is 25.1 cm³/mol. The molecule has 0 aromatic rings. The molecule has 30 valence electrons. The molecule has 2 heteroatoms. The van der Waals surface area contributed by atoms with Gasteiger partial charge in [0, 0.05) is 0 Å². The van der Waals surface area contributed by atoms with Gasteiger partial charge in [-0.25, -0.2) is 0 Å². The summed E-state index contributed by atoms with van der Waals surface area (Å²) in [4.78, 5) is 0. The molecular weight excluding hydrogens is 132 g/mol. The normalized spacial score (nSPS) is 7.40. The van der Waals surface area contributed by atoms with Gasteiger partial charge >= 0.3 is 0 Å². The molecule has 1 nitrogen and oxygen atoms in total. The van der Waals surface area contributed by atoms with Gasteiger partial charge in [-0.3, -0.25) is 0 Å². The minimum absolute atomic E-state index is 0.569. The molecule has 0 spiro atoms. The molecule has 0 aliphatic heterocycles. The maximum Gasteiger partial charge on any atom is 0.0991 e. The molecular formula is C3H5BrO. The van der Waals surface area contributed by atoms with Crippen molar-refractivity contribution >= 4 is 16.3 Å². The second-order valence-electron chi connectivity index (χ2n) is 0.564. The lowest BCUT2D eigenvalue weighted by Gasteiger charge is -1.75. The maximum atomic E-state index is 4.39. The third-order valence-electron chi connectivity index (χ3n) is 0.181. The SMILES string of the molecule is C=CCOBr. The molecule has 0 fully saturated rings. The van der Waals surface area contributed by atoms with Crippen LogP contribution in [0.5, 0.6) is 0 Å². The third-order valence-corrected chi connectivity index (χ3v) is 0.445. The molecule has 0 atom stereocenters. The summed E-state index contributed by atoms with van der Waals surface area (Å²) in [6.07, 6.45) is 1.66. The average Bonchev–Trinajstić information content (AvgIpc) is 1.41. The van der Waals surface area contributed by atoms with Crippen molar-refractivity contribution in [1.82, 2.24) is 0 Å². The molecule has 0 N–H and O–H groups in total. The van der Waals surface area contributed by atoms with Gasteiger partial charge < -0.3 is 3.83 Å². The summed E-state index contributed by atoms with van der Waals surface area (Å²) in [6, 6.07) is 0. The van der Waals surface area contributed by atoms with Crippen LogP contribution in [0.4, 0.5) is 0 Å². The number of rotatable bonds is 2. The zero-order chi connectivity index (χ0) is 4.12. The van der Waals surface area contributed by atoms with E-state index in [1.807, 2.05) is 0 Å². The Morgan fingerprint density at radius 3 is 2.60 bits per heavy atom. The summed E-state index contributed by atoms with van der Waals surface area (Å²) < 4.78 is 4.39. The second-order valence-corrected chi connectivity index (χ2v) is 1.02. The van der Waals surface area contributed by atoms with Crippen LogP contribution in [0.3, 0.4) is 0 Å². The van der Waals surface area contributed by atoms with E-state index >= 15 is 0 Å². The standard InChI is InChI=1S/C3H5BrO/c1-2-3-5-4/h2H,1,3H2. The van der Waals surface area contributed by atoms with E-state index in [1.165, 1.54) is 0 Å². The Morgan fingerprint density at radius 1 is 2.00 bits per heavy atom. The zero-order valence-electron chi connectivity index (χ0n) is 2.78. The molecule has 0 unspecified atom stereocenters. The summed E-state index contributed by atoms with van der Waals surface area (Å²) in [5.74, 6) is 0. The van der Waals surface area contributed by atoms with Gasteiger partial charge in [-0.2, -0.15) is 0 Å². The van der Waals surface area contributed by atoms with Crippen molar-refractivity contribution in [3.8, 4) is 0 Å². The first-order valence-electron chi connectivity index (χ1n) is 1.26. The van der Waals surface area contributed by atoms with E-state index in [-0.39, 0.29) is 0 Å². The van der Waals surface area contributed by atoms with E-state index in [0.29, 0.717) is 6.61 Å². The lowest BCUT2D eigenvalue weighted by molar-refractivity contribution is 0.455. The van der Waals surface area contributed by atoms with Crippen molar-refractivity contribution in [2.45, 2.75) is 0 Å². The van der Waals surface area contributed by atoms with Crippen LogP contribution in [0, 0.1) is 0 Å². The monoisotopic (exact) mass is 136 g/mol. The Bertz CT molecular complexity index is 28.1. The fraction of sp³-hybridized carbons (Fsp3) is 0.333. The van der Waals surface area contributed by atoms with Crippen molar-refractivity contribution in [3.63, 3.8) is 0 Å². The Balaban J connectivity index is 2.40. The topological polar surface area (TPSA) is 9.23 Å². The van der Waals surface area contributed by atoms with E-state index in [9.17, 15) is 0 Å². The van der Waals surface area contributed by atoms with Crippen LogP contribution in [0.1, 0.15) is 0 Å². The minimum Gasteiger partial charge on any atom is -0.304 e. The third kappa shape index (κ3) is 4.18. The van der Waals surface area contributed by atoms with Crippen LogP contribution in [-0.2, 0) is 3.83 Å². The molecule has 0 rings (SSSR count).